The lowest BCUT2D eigenvalue weighted by molar-refractivity contribution is 0.208. The quantitative estimate of drug-likeness (QED) is 0.824. The molecule has 0 saturated carbocycles. The first-order valence-corrected chi connectivity index (χ1v) is 10.2. The van der Waals surface area contributed by atoms with Gasteiger partial charge < -0.3 is 24.5 Å². The molecule has 0 spiro atoms. The molecule has 7 nitrogen and oxygen atoms in total. The smallest absolute Gasteiger partial charge is 0.145 e. The van der Waals surface area contributed by atoms with Gasteiger partial charge in [-0.25, -0.2) is 14.4 Å². The number of aliphatic hydroxyl groups is 1. The third-order valence-electron chi connectivity index (χ3n) is 5.83. The summed E-state index contributed by atoms with van der Waals surface area (Å²) in [4.78, 5) is 15.7. The topological polar surface area (TPSA) is 65.0 Å². The van der Waals surface area contributed by atoms with Crippen LogP contribution in [0.3, 0.4) is 0 Å². The lowest BCUT2D eigenvalue weighted by Gasteiger charge is -2.37. The van der Waals surface area contributed by atoms with E-state index in [1.165, 1.54) is 12.1 Å². The summed E-state index contributed by atoms with van der Waals surface area (Å²) in [5.41, 5.74) is 0.917. The predicted molar refractivity (Wildman–Crippen MR) is 111 cm³/mol. The molecule has 156 valence electrons. The Balaban J connectivity index is 1.43. The molecule has 1 unspecified atom stereocenters. The standard InChI is InChI=1S/C21H28FN5O2/c1-29-19-11-17(22)4-5-18(19)25-7-9-26(10-8-25)20-12-21(24-15-23-20)27-6-2-3-16(13-27)14-28/h4-5,11-12,15-16,28H,2-3,6-10,13-14H2,1H3. The van der Waals surface area contributed by atoms with Crippen LogP contribution in [-0.4, -0.2) is 68.1 Å². The molecule has 0 bridgehead atoms. The molecule has 3 heterocycles. The zero-order chi connectivity index (χ0) is 20.2. The molecular formula is C21H28FN5O2. The fourth-order valence-corrected chi connectivity index (χ4v) is 4.19. The second-order valence-corrected chi connectivity index (χ2v) is 7.66. The van der Waals surface area contributed by atoms with Crippen LogP contribution in [0, 0.1) is 11.7 Å². The fraction of sp³-hybridized carbons (Fsp3) is 0.524. The van der Waals surface area contributed by atoms with Gasteiger partial charge in [-0.3, -0.25) is 0 Å². The number of ether oxygens (including phenoxy) is 1. The zero-order valence-corrected chi connectivity index (χ0v) is 16.8. The van der Waals surface area contributed by atoms with Crippen LogP contribution in [0.4, 0.5) is 21.7 Å². The van der Waals surface area contributed by atoms with E-state index in [1.54, 1.807) is 19.5 Å². The second-order valence-electron chi connectivity index (χ2n) is 7.66. The van der Waals surface area contributed by atoms with E-state index < -0.39 is 0 Å². The fourth-order valence-electron chi connectivity index (χ4n) is 4.19. The summed E-state index contributed by atoms with van der Waals surface area (Å²) in [6, 6.07) is 6.73. The van der Waals surface area contributed by atoms with E-state index in [9.17, 15) is 9.50 Å². The number of aromatic nitrogens is 2. The molecule has 2 aromatic rings. The predicted octanol–water partition coefficient (Wildman–Crippen LogP) is 2.16. The van der Waals surface area contributed by atoms with E-state index in [1.807, 2.05) is 6.07 Å². The zero-order valence-electron chi connectivity index (χ0n) is 16.8. The number of anilines is 3. The highest BCUT2D eigenvalue weighted by atomic mass is 19.1. The van der Waals surface area contributed by atoms with Gasteiger partial charge in [-0.05, 0) is 30.9 Å². The van der Waals surface area contributed by atoms with Gasteiger partial charge >= 0.3 is 0 Å². The Hall–Kier alpha value is -2.61. The average Bonchev–Trinajstić information content (AvgIpc) is 2.79. The van der Waals surface area contributed by atoms with Crippen molar-refractivity contribution in [1.29, 1.82) is 0 Å². The number of piperidine rings is 1. The van der Waals surface area contributed by atoms with Gasteiger partial charge in [0.2, 0.25) is 0 Å². The van der Waals surface area contributed by atoms with Crippen LogP contribution in [0.5, 0.6) is 5.75 Å². The number of benzene rings is 1. The van der Waals surface area contributed by atoms with Gasteiger partial charge in [0.05, 0.1) is 12.8 Å². The summed E-state index contributed by atoms with van der Waals surface area (Å²) in [5.74, 6) is 2.43. The summed E-state index contributed by atoms with van der Waals surface area (Å²) in [5, 5.41) is 9.48. The first-order valence-electron chi connectivity index (χ1n) is 10.2. The number of halogens is 1. The summed E-state index contributed by atoms with van der Waals surface area (Å²) in [7, 11) is 1.57. The van der Waals surface area contributed by atoms with Crippen molar-refractivity contribution < 1.29 is 14.2 Å². The van der Waals surface area contributed by atoms with Crippen molar-refractivity contribution in [3.8, 4) is 5.75 Å². The van der Waals surface area contributed by atoms with Crippen molar-refractivity contribution in [2.75, 3.05) is 67.7 Å². The van der Waals surface area contributed by atoms with Crippen LogP contribution in [0.1, 0.15) is 12.8 Å². The third-order valence-corrected chi connectivity index (χ3v) is 5.83. The minimum atomic E-state index is -0.293. The van der Waals surface area contributed by atoms with Crippen LogP contribution in [0.2, 0.25) is 0 Å². The van der Waals surface area contributed by atoms with Crippen LogP contribution in [0.25, 0.3) is 0 Å². The van der Waals surface area contributed by atoms with Crippen LogP contribution in [-0.2, 0) is 0 Å². The summed E-state index contributed by atoms with van der Waals surface area (Å²) >= 11 is 0. The van der Waals surface area contributed by atoms with Crippen molar-refractivity contribution in [2.45, 2.75) is 12.8 Å². The Kier molecular flexibility index (Phi) is 5.99. The normalized spacial score (nSPS) is 20.1. The molecule has 0 amide bonds. The summed E-state index contributed by atoms with van der Waals surface area (Å²) in [6.45, 7) is 5.27. The lowest BCUT2D eigenvalue weighted by Crippen LogP contribution is -2.47. The van der Waals surface area contributed by atoms with E-state index in [4.69, 9.17) is 4.74 Å². The van der Waals surface area contributed by atoms with Gasteiger partial charge in [0.1, 0.15) is 29.5 Å². The molecule has 1 aromatic heterocycles. The molecule has 4 rings (SSSR count). The SMILES string of the molecule is COc1cc(F)ccc1N1CCN(c2cc(N3CCCC(CO)C3)ncn2)CC1. The van der Waals surface area contributed by atoms with Crippen LogP contribution < -0.4 is 19.4 Å². The van der Waals surface area contributed by atoms with Crippen molar-refractivity contribution in [3.63, 3.8) is 0 Å². The molecule has 0 aliphatic carbocycles. The van der Waals surface area contributed by atoms with Crippen LogP contribution in [0.15, 0.2) is 30.6 Å². The largest absolute Gasteiger partial charge is 0.494 e. The maximum Gasteiger partial charge on any atom is 0.145 e. The van der Waals surface area contributed by atoms with E-state index in [0.29, 0.717) is 11.7 Å². The molecule has 8 heteroatoms. The third kappa shape index (κ3) is 4.37. The Morgan fingerprint density at radius 1 is 1.03 bits per heavy atom. The lowest BCUT2D eigenvalue weighted by atomic mass is 9.99. The first kappa shape index (κ1) is 19.7. The number of nitrogens with zero attached hydrogens (tertiary/aromatic N) is 5. The maximum atomic E-state index is 13.5. The average molecular weight is 401 g/mol. The Morgan fingerprint density at radius 2 is 1.76 bits per heavy atom. The molecular weight excluding hydrogens is 373 g/mol. The maximum absolute atomic E-state index is 13.5. The molecule has 2 aliphatic rings. The molecule has 1 atom stereocenters. The van der Waals surface area contributed by atoms with E-state index in [-0.39, 0.29) is 12.4 Å². The Labute approximate surface area is 170 Å². The monoisotopic (exact) mass is 401 g/mol. The van der Waals surface area contributed by atoms with Gasteiger partial charge in [0, 0.05) is 58.0 Å². The number of aliphatic hydroxyl groups excluding tert-OH is 1. The highest BCUT2D eigenvalue weighted by Gasteiger charge is 2.24. The molecule has 2 saturated heterocycles. The molecule has 1 aromatic carbocycles. The Morgan fingerprint density at radius 3 is 2.48 bits per heavy atom. The number of hydrogen-bond donors (Lipinski definition) is 1. The number of methoxy groups -OCH3 is 1. The highest BCUT2D eigenvalue weighted by Crippen LogP contribution is 2.30. The van der Waals surface area contributed by atoms with Crippen molar-refractivity contribution in [1.82, 2.24) is 9.97 Å². The molecule has 2 fully saturated rings. The Bertz CT molecular complexity index is 828. The van der Waals surface area contributed by atoms with E-state index >= 15 is 0 Å². The molecule has 1 N–H and O–H groups in total. The number of rotatable bonds is 5. The summed E-state index contributed by atoms with van der Waals surface area (Å²) < 4.78 is 18.8. The first-order chi connectivity index (χ1) is 14.2. The highest BCUT2D eigenvalue weighted by molar-refractivity contribution is 5.60. The number of piperazine rings is 1. The van der Waals surface area contributed by atoms with Crippen molar-refractivity contribution in [3.05, 3.63) is 36.4 Å². The van der Waals surface area contributed by atoms with Gasteiger partial charge in [-0.1, -0.05) is 0 Å². The van der Waals surface area contributed by atoms with Gasteiger partial charge in [0.25, 0.3) is 0 Å². The van der Waals surface area contributed by atoms with Gasteiger partial charge in [0.15, 0.2) is 0 Å². The van der Waals surface area contributed by atoms with Crippen molar-refractivity contribution >= 4 is 17.3 Å². The number of hydrogen-bond acceptors (Lipinski definition) is 7. The molecule has 0 radical (unpaired) electrons. The van der Waals surface area contributed by atoms with E-state index in [2.05, 4.69) is 24.7 Å². The van der Waals surface area contributed by atoms with Gasteiger partial charge in [-0.15, -0.1) is 0 Å². The van der Waals surface area contributed by atoms with E-state index in [0.717, 1.165) is 69.4 Å². The second kappa shape index (κ2) is 8.82. The minimum absolute atomic E-state index is 0.225. The van der Waals surface area contributed by atoms with Gasteiger partial charge in [-0.2, -0.15) is 0 Å². The minimum Gasteiger partial charge on any atom is -0.494 e. The summed E-state index contributed by atoms with van der Waals surface area (Å²) in [6.07, 6.45) is 3.77. The van der Waals surface area contributed by atoms with Crippen LogP contribution >= 0.6 is 0 Å². The molecule has 2 aliphatic heterocycles. The molecule has 29 heavy (non-hydrogen) atoms. The van der Waals surface area contributed by atoms with Crippen molar-refractivity contribution in [2.24, 2.45) is 5.92 Å².